The van der Waals surface area contributed by atoms with Crippen LogP contribution in [0.2, 0.25) is 0 Å². The average molecular weight is 218 g/mol. The summed E-state index contributed by atoms with van der Waals surface area (Å²) in [5.74, 6) is -0.415. The molecule has 0 spiro atoms. The van der Waals surface area contributed by atoms with Gasteiger partial charge in [-0.25, -0.2) is 4.79 Å². The Balaban J connectivity index is 2.22. The van der Waals surface area contributed by atoms with Gasteiger partial charge in [0.1, 0.15) is 5.78 Å². The maximum atomic E-state index is 11.3. The first-order valence-corrected chi connectivity index (χ1v) is 5.52. The molecule has 1 aromatic carbocycles. The lowest BCUT2D eigenvalue weighted by Crippen LogP contribution is -2.13. The van der Waals surface area contributed by atoms with E-state index < -0.39 is 5.97 Å². The van der Waals surface area contributed by atoms with E-state index in [1.807, 2.05) is 6.07 Å². The molecule has 3 nitrogen and oxygen atoms in total. The second kappa shape index (κ2) is 4.47. The summed E-state index contributed by atoms with van der Waals surface area (Å²) >= 11 is 0. The number of benzene rings is 1. The molecular weight excluding hydrogens is 204 g/mol. The standard InChI is InChI=1S/C13H14O3/c14-12-6-2-4-10(8-12)9-3-1-5-11(7-9)13(15)16/h1,3,5,7,10H,2,4,6,8H2,(H,15,16). The number of carbonyl (C=O) groups excluding carboxylic acids is 1. The molecule has 16 heavy (non-hydrogen) atoms. The fraction of sp³-hybridized carbons (Fsp3) is 0.385. The minimum absolute atomic E-state index is 0.209. The van der Waals surface area contributed by atoms with Gasteiger partial charge >= 0.3 is 5.97 Å². The Bertz CT molecular complexity index is 423. The van der Waals surface area contributed by atoms with Crippen LogP contribution in [-0.2, 0) is 4.79 Å². The number of rotatable bonds is 2. The van der Waals surface area contributed by atoms with Crippen molar-refractivity contribution in [3.05, 3.63) is 35.4 Å². The minimum atomic E-state index is -0.913. The van der Waals surface area contributed by atoms with Gasteiger partial charge in [-0.1, -0.05) is 12.1 Å². The number of carboxylic acid groups (broad SMARTS) is 1. The van der Waals surface area contributed by atoms with Crippen molar-refractivity contribution in [2.24, 2.45) is 0 Å². The van der Waals surface area contributed by atoms with Gasteiger partial charge in [-0.05, 0) is 36.5 Å². The van der Waals surface area contributed by atoms with Crippen LogP contribution >= 0.6 is 0 Å². The van der Waals surface area contributed by atoms with Crippen LogP contribution in [0.25, 0.3) is 0 Å². The Morgan fingerprint density at radius 1 is 1.38 bits per heavy atom. The summed E-state index contributed by atoms with van der Waals surface area (Å²) in [7, 11) is 0. The van der Waals surface area contributed by atoms with Crippen molar-refractivity contribution in [1.29, 1.82) is 0 Å². The molecule has 1 unspecified atom stereocenters. The monoisotopic (exact) mass is 218 g/mol. The summed E-state index contributed by atoms with van der Waals surface area (Å²) in [6.07, 6.45) is 3.13. The number of hydrogen-bond acceptors (Lipinski definition) is 2. The second-order valence-corrected chi connectivity index (χ2v) is 4.26. The highest BCUT2D eigenvalue weighted by molar-refractivity contribution is 5.88. The molecule has 1 saturated carbocycles. The topological polar surface area (TPSA) is 54.4 Å². The van der Waals surface area contributed by atoms with Gasteiger partial charge in [-0.2, -0.15) is 0 Å². The smallest absolute Gasteiger partial charge is 0.335 e. The number of Topliss-reactive ketones (excluding diaryl/α,β-unsaturated/α-hetero) is 1. The molecule has 1 atom stereocenters. The van der Waals surface area contributed by atoms with E-state index in [0.717, 1.165) is 18.4 Å². The first-order valence-electron chi connectivity index (χ1n) is 5.52. The summed E-state index contributed by atoms with van der Waals surface area (Å²) in [5, 5.41) is 8.89. The van der Waals surface area contributed by atoms with E-state index >= 15 is 0 Å². The van der Waals surface area contributed by atoms with Crippen LogP contribution in [0.1, 0.15) is 47.5 Å². The van der Waals surface area contributed by atoms with Gasteiger partial charge < -0.3 is 5.11 Å². The number of ketones is 1. The van der Waals surface area contributed by atoms with Crippen molar-refractivity contribution in [1.82, 2.24) is 0 Å². The lowest BCUT2D eigenvalue weighted by atomic mass is 9.83. The lowest BCUT2D eigenvalue weighted by molar-refractivity contribution is -0.120. The fourth-order valence-corrected chi connectivity index (χ4v) is 2.23. The van der Waals surface area contributed by atoms with Crippen LogP contribution in [0.15, 0.2) is 24.3 Å². The highest BCUT2D eigenvalue weighted by Crippen LogP contribution is 2.31. The van der Waals surface area contributed by atoms with Crippen molar-refractivity contribution in [3.8, 4) is 0 Å². The quantitative estimate of drug-likeness (QED) is 0.830. The van der Waals surface area contributed by atoms with Crippen molar-refractivity contribution in [3.63, 3.8) is 0 Å². The molecule has 3 heteroatoms. The van der Waals surface area contributed by atoms with E-state index in [-0.39, 0.29) is 11.7 Å². The molecule has 84 valence electrons. The zero-order valence-electron chi connectivity index (χ0n) is 8.98. The normalized spacial score (nSPS) is 20.8. The summed E-state index contributed by atoms with van der Waals surface area (Å²) in [6.45, 7) is 0. The third-order valence-corrected chi connectivity index (χ3v) is 3.09. The first kappa shape index (κ1) is 10.9. The maximum absolute atomic E-state index is 11.3. The van der Waals surface area contributed by atoms with E-state index in [1.165, 1.54) is 0 Å². The number of carbonyl (C=O) groups is 2. The Morgan fingerprint density at radius 2 is 2.19 bits per heavy atom. The van der Waals surface area contributed by atoms with Crippen LogP contribution in [-0.4, -0.2) is 16.9 Å². The van der Waals surface area contributed by atoms with Crippen LogP contribution < -0.4 is 0 Å². The summed E-state index contributed by atoms with van der Waals surface area (Å²) in [6, 6.07) is 6.93. The van der Waals surface area contributed by atoms with Crippen LogP contribution in [0.5, 0.6) is 0 Å². The fourth-order valence-electron chi connectivity index (χ4n) is 2.23. The molecule has 1 fully saturated rings. The van der Waals surface area contributed by atoms with E-state index in [9.17, 15) is 9.59 Å². The molecular formula is C13H14O3. The van der Waals surface area contributed by atoms with E-state index in [1.54, 1.807) is 18.2 Å². The predicted molar refractivity (Wildman–Crippen MR) is 59.6 cm³/mol. The second-order valence-electron chi connectivity index (χ2n) is 4.26. The number of carboxylic acids is 1. The first-order chi connectivity index (χ1) is 7.66. The molecule has 2 rings (SSSR count). The summed E-state index contributed by atoms with van der Waals surface area (Å²) < 4.78 is 0. The predicted octanol–water partition coefficient (Wildman–Crippen LogP) is 2.61. The third kappa shape index (κ3) is 2.30. The Morgan fingerprint density at radius 3 is 2.88 bits per heavy atom. The summed E-state index contributed by atoms with van der Waals surface area (Å²) in [4.78, 5) is 22.2. The molecule has 0 bridgehead atoms. The maximum Gasteiger partial charge on any atom is 0.335 e. The van der Waals surface area contributed by atoms with Gasteiger partial charge in [-0.15, -0.1) is 0 Å². The number of aromatic carboxylic acids is 1. The molecule has 0 aliphatic heterocycles. The molecule has 0 amide bonds. The van der Waals surface area contributed by atoms with Crippen molar-refractivity contribution in [2.75, 3.05) is 0 Å². The van der Waals surface area contributed by atoms with Crippen molar-refractivity contribution >= 4 is 11.8 Å². The third-order valence-electron chi connectivity index (χ3n) is 3.09. The Labute approximate surface area is 94.1 Å². The van der Waals surface area contributed by atoms with Crippen molar-refractivity contribution in [2.45, 2.75) is 31.6 Å². The molecule has 0 aromatic heterocycles. The van der Waals surface area contributed by atoms with Gasteiger partial charge in [0, 0.05) is 12.8 Å². The van der Waals surface area contributed by atoms with Gasteiger partial charge in [-0.3, -0.25) is 4.79 Å². The Hall–Kier alpha value is -1.64. The van der Waals surface area contributed by atoms with E-state index in [2.05, 4.69) is 0 Å². The SMILES string of the molecule is O=C1CCCC(c2cccc(C(=O)O)c2)C1. The molecule has 1 aromatic rings. The molecule has 1 N–H and O–H groups in total. The van der Waals surface area contributed by atoms with Gasteiger partial charge in [0.15, 0.2) is 0 Å². The molecule has 1 aliphatic rings. The number of hydrogen-bond donors (Lipinski definition) is 1. The Kier molecular flexibility index (Phi) is 3.04. The molecule has 1 aliphatic carbocycles. The lowest BCUT2D eigenvalue weighted by Gasteiger charge is -2.21. The molecule has 0 radical (unpaired) electrons. The van der Waals surface area contributed by atoms with E-state index in [0.29, 0.717) is 18.4 Å². The van der Waals surface area contributed by atoms with E-state index in [4.69, 9.17) is 5.11 Å². The van der Waals surface area contributed by atoms with Gasteiger partial charge in [0.25, 0.3) is 0 Å². The highest BCUT2D eigenvalue weighted by atomic mass is 16.4. The van der Waals surface area contributed by atoms with Gasteiger partial charge in [0.2, 0.25) is 0 Å². The zero-order chi connectivity index (χ0) is 11.5. The van der Waals surface area contributed by atoms with Gasteiger partial charge in [0.05, 0.1) is 5.56 Å². The van der Waals surface area contributed by atoms with Crippen molar-refractivity contribution < 1.29 is 14.7 Å². The van der Waals surface area contributed by atoms with Crippen LogP contribution in [0.4, 0.5) is 0 Å². The van der Waals surface area contributed by atoms with Crippen LogP contribution in [0, 0.1) is 0 Å². The van der Waals surface area contributed by atoms with Crippen LogP contribution in [0.3, 0.4) is 0 Å². The zero-order valence-corrected chi connectivity index (χ0v) is 8.98. The summed E-state index contributed by atoms with van der Waals surface area (Å²) in [5.41, 5.74) is 1.28. The largest absolute Gasteiger partial charge is 0.478 e. The average Bonchev–Trinajstić information content (AvgIpc) is 2.29. The molecule has 0 saturated heterocycles. The molecule has 0 heterocycles. The highest BCUT2D eigenvalue weighted by Gasteiger charge is 2.21. The minimum Gasteiger partial charge on any atom is -0.478 e.